The molecular formula is C34H50ClN3O4. The van der Waals surface area contributed by atoms with Crippen LogP contribution in [0.1, 0.15) is 76.2 Å². The number of amides is 2. The Kier molecular flexibility index (Phi) is 12.8. The zero-order valence-electron chi connectivity index (χ0n) is 25.5. The Morgan fingerprint density at radius 3 is 2.62 bits per heavy atom. The van der Waals surface area contributed by atoms with E-state index in [2.05, 4.69) is 10.6 Å². The lowest BCUT2D eigenvalue weighted by atomic mass is 9.73. The highest BCUT2D eigenvalue weighted by molar-refractivity contribution is 6.30. The summed E-state index contributed by atoms with van der Waals surface area (Å²) in [7, 11) is 3.64. The minimum atomic E-state index is -1.23. The Balaban J connectivity index is 1.54. The fraction of sp³-hybridized carbons (Fsp3) is 0.618. The number of halogens is 1. The third kappa shape index (κ3) is 9.09. The smallest absolute Gasteiger partial charge is 0.317 e. The van der Waals surface area contributed by atoms with Crippen LogP contribution in [0.5, 0.6) is 11.5 Å². The maximum atomic E-state index is 13.6. The van der Waals surface area contributed by atoms with Gasteiger partial charge in [-0.2, -0.15) is 0 Å². The maximum Gasteiger partial charge on any atom is 0.317 e. The molecule has 3 atom stereocenters. The number of nitrogens with zero attached hydrogens (tertiary/aromatic N) is 1. The number of nitrogens with one attached hydrogen (secondary N) is 2. The van der Waals surface area contributed by atoms with Gasteiger partial charge in [-0.05, 0) is 81.8 Å². The van der Waals surface area contributed by atoms with Crippen molar-refractivity contribution in [3.8, 4) is 11.5 Å². The Bertz CT molecular complexity index is 1100. The van der Waals surface area contributed by atoms with Crippen LogP contribution in [0.15, 0.2) is 48.5 Å². The molecule has 42 heavy (non-hydrogen) atoms. The van der Waals surface area contributed by atoms with E-state index in [1.54, 1.807) is 13.2 Å². The van der Waals surface area contributed by atoms with Crippen LogP contribution in [0.4, 0.5) is 4.79 Å². The summed E-state index contributed by atoms with van der Waals surface area (Å²) in [4.78, 5) is 15.5. The van der Waals surface area contributed by atoms with Crippen molar-refractivity contribution in [2.45, 2.75) is 82.3 Å². The minimum Gasteiger partial charge on any atom is -0.457 e. The Morgan fingerprint density at radius 2 is 1.88 bits per heavy atom. The number of aliphatic hydroxyl groups is 1. The predicted molar refractivity (Wildman–Crippen MR) is 169 cm³/mol. The molecule has 1 saturated carbocycles. The number of urea groups is 1. The van der Waals surface area contributed by atoms with Gasteiger partial charge < -0.3 is 30.1 Å². The van der Waals surface area contributed by atoms with Gasteiger partial charge in [-0.3, -0.25) is 0 Å². The average Bonchev–Trinajstić information content (AvgIpc) is 3.01. The topological polar surface area (TPSA) is 83.1 Å². The molecule has 8 heteroatoms. The average molecular weight is 600 g/mol. The second-order valence-electron chi connectivity index (χ2n) is 12.2. The molecule has 7 nitrogen and oxygen atoms in total. The molecule has 1 aliphatic carbocycles. The van der Waals surface area contributed by atoms with Gasteiger partial charge in [-0.1, -0.05) is 61.9 Å². The number of hydrogen-bond acceptors (Lipinski definition) is 5. The van der Waals surface area contributed by atoms with Crippen LogP contribution in [0, 0.1) is 11.8 Å². The van der Waals surface area contributed by atoms with Crippen LogP contribution in [0.25, 0.3) is 0 Å². The summed E-state index contributed by atoms with van der Waals surface area (Å²) in [6.07, 6.45) is 11.2. The number of ether oxygens (including phenoxy) is 2. The molecule has 3 N–H and O–H groups in total. The second-order valence-corrected chi connectivity index (χ2v) is 12.6. The molecule has 1 aliphatic heterocycles. The number of rotatable bonds is 14. The molecule has 1 heterocycles. The molecule has 2 fully saturated rings. The summed E-state index contributed by atoms with van der Waals surface area (Å²) >= 11 is 6.53. The van der Waals surface area contributed by atoms with Crippen molar-refractivity contribution in [3.05, 3.63) is 59.1 Å². The third-order valence-electron chi connectivity index (χ3n) is 9.04. The van der Waals surface area contributed by atoms with Gasteiger partial charge in [0.25, 0.3) is 0 Å². The third-order valence-corrected chi connectivity index (χ3v) is 9.28. The molecule has 4 rings (SSSR count). The normalized spacial score (nSPS) is 20.1. The van der Waals surface area contributed by atoms with Crippen LogP contribution in [-0.4, -0.2) is 62.5 Å². The van der Waals surface area contributed by atoms with Crippen molar-refractivity contribution in [3.63, 3.8) is 0 Å². The van der Waals surface area contributed by atoms with Gasteiger partial charge in [0.15, 0.2) is 0 Å². The number of carbonyl (C=O) groups excluding carboxylic acids is 1. The molecule has 2 aromatic carbocycles. The second kappa shape index (κ2) is 16.5. The molecule has 1 saturated heterocycles. The fourth-order valence-corrected chi connectivity index (χ4v) is 7.00. The predicted octanol–water partition coefficient (Wildman–Crippen LogP) is 7.12. The van der Waals surface area contributed by atoms with Crippen LogP contribution in [0.2, 0.25) is 5.02 Å². The minimum absolute atomic E-state index is 0.0376. The molecule has 2 aromatic rings. The van der Waals surface area contributed by atoms with Gasteiger partial charge in [0.1, 0.15) is 11.5 Å². The molecular weight excluding hydrogens is 550 g/mol. The summed E-state index contributed by atoms with van der Waals surface area (Å²) in [5.41, 5.74) is -0.553. The van der Waals surface area contributed by atoms with Crippen molar-refractivity contribution in [2.75, 3.05) is 40.4 Å². The number of likely N-dealkylation sites (N-methyl/N-ethyl adjacent to an activating group) is 1. The Hall–Kier alpha value is -2.32. The fourth-order valence-electron chi connectivity index (χ4n) is 6.83. The van der Waals surface area contributed by atoms with E-state index in [4.69, 9.17) is 21.1 Å². The number of carbonyl (C=O) groups is 1. The van der Waals surface area contributed by atoms with E-state index in [0.29, 0.717) is 54.1 Å². The number of para-hydroxylation sites is 1. The highest BCUT2D eigenvalue weighted by atomic mass is 35.5. The molecule has 1 unspecified atom stereocenters. The zero-order chi connectivity index (χ0) is 29.8. The molecule has 0 radical (unpaired) electrons. The van der Waals surface area contributed by atoms with E-state index in [-0.39, 0.29) is 18.0 Å². The van der Waals surface area contributed by atoms with Gasteiger partial charge in [0.2, 0.25) is 0 Å². The first kappa shape index (κ1) is 32.6. The van der Waals surface area contributed by atoms with Crippen molar-refractivity contribution >= 4 is 17.6 Å². The molecule has 0 bridgehead atoms. The van der Waals surface area contributed by atoms with Crippen molar-refractivity contribution < 1.29 is 19.4 Å². The van der Waals surface area contributed by atoms with Gasteiger partial charge in [-0.25, -0.2) is 4.79 Å². The number of methoxy groups -OCH3 is 1. The highest BCUT2D eigenvalue weighted by Gasteiger charge is 2.43. The lowest BCUT2D eigenvalue weighted by Gasteiger charge is -2.43. The van der Waals surface area contributed by atoms with Gasteiger partial charge in [-0.15, -0.1) is 0 Å². The molecule has 232 valence electrons. The largest absolute Gasteiger partial charge is 0.457 e. The monoisotopic (exact) mass is 599 g/mol. The molecule has 0 spiro atoms. The first-order valence-electron chi connectivity index (χ1n) is 15.9. The van der Waals surface area contributed by atoms with E-state index < -0.39 is 5.60 Å². The van der Waals surface area contributed by atoms with E-state index in [1.807, 2.05) is 54.4 Å². The number of benzene rings is 2. The standard InChI is InChI=1S/C34H50ClN3O4/c1-36-24-29(22-26-12-5-3-6-13-26)37-33(39)38-20-11-14-27(25-38)34(40,19-9-10-21-41-2)31-23-28(35)17-18-32(31)42-30-15-7-4-8-16-30/h4,7-8,15-18,23,26-27,29,36,40H,3,5-6,9-14,19-22,24-25H2,1-2H3,(H,37,39)/t27-,29?,34+/m1/s1. The first-order chi connectivity index (χ1) is 20.4. The Morgan fingerprint density at radius 1 is 1.10 bits per heavy atom. The van der Waals surface area contributed by atoms with Crippen LogP contribution in [0.3, 0.4) is 0 Å². The first-order valence-corrected chi connectivity index (χ1v) is 16.2. The SMILES string of the molecule is CNCC(CC1CCCCC1)NC(=O)N1CCC[C@@H]([C@@](O)(CCCCOC)c2cc(Cl)ccc2Oc2ccccc2)C1. The molecule has 2 aliphatic rings. The number of piperidine rings is 1. The number of hydrogen-bond donors (Lipinski definition) is 3. The van der Waals surface area contributed by atoms with Gasteiger partial charge in [0.05, 0.1) is 5.60 Å². The van der Waals surface area contributed by atoms with Crippen molar-refractivity contribution in [1.29, 1.82) is 0 Å². The van der Waals surface area contributed by atoms with Crippen LogP contribution < -0.4 is 15.4 Å². The number of likely N-dealkylation sites (tertiary alicyclic amines) is 1. The van der Waals surface area contributed by atoms with Crippen LogP contribution in [-0.2, 0) is 10.3 Å². The quantitative estimate of drug-likeness (QED) is 0.201. The zero-order valence-corrected chi connectivity index (χ0v) is 26.2. The Labute approximate surface area is 257 Å². The van der Waals surface area contributed by atoms with Crippen molar-refractivity contribution in [1.82, 2.24) is 15.5 Å². The summed E-state index contributed by atoms with van der Waals surface area (Å²) in [6, 6.07) is 15.1. The summed E-state index contributed by atoms with van der Waals surface area (Å²) in [5.74, 6) is 1.79. The van der Waals surface area contributed by atoms with Crippen LogP contribution >= 0.6 is 11.6 Å². The molecule has 2 amide bonds. The lowest BCUT2D eigenvalue weighted by Crippen LogP contribution is -2.54. The summed E-state index contributed by atoms with van der Waals surface area (Å²) in [5, 5.41) is 19.8. The van der Waals surface area contributed by atoms with E-state index in [1.165, 1.54) is 32.1 Å². The van der Waals surface area contributed by atoms with E-state index >= 15 is 0 Å². The summed E-state index contributed by atoms with van der Waals surface area (Å²) in [6.45, 7) is 2.54. The van der Waals surface area contributed by atoms with Gasteiger partial charge in [0, 0.05) is 55.9 Å². The summed E-state index contributed by atoms with van der Waals surface area (Å²) < 4.78 is 11.6. The lowest BCUT2D eigenvalue weighted by molar-refractivity contribution is -0.0575. The number of unbranched alkanes of at least 4 members (excludes halogenated alkanes) is 1. The maximum absolute atomic E-state index is 13.6. The van der Waals surface area contributed by atoms with E-state index in [9.17, 15) is 9.90 Å². The van der Waals surface area contributed by atoms with Gasteiger partial charge >= 0.3 is 6.03 Å². The molecule has 0 aromatic heterocycles. The van der Waals surface area contributed by atoms with E-state index in [0.717, 1.165) is 38.6 Å². The highest BCUT2D eigenvalue weighted by Crippen LogP contribution is 2.45. The van der Waals surface area contributed by atoms with Crippen molar-refractivity contribution in [2.24, 2.45) is 11.8 Å².